The van der Waals surface area contributed by atoms with E-state index in [4.69, 9.17) is 4.65 Å². The average molecular weight is 450 g/mol. The fraction of sp³-hybridized carbons (Fsp3) is 0.333. The maximum atomic E-state index is 10.6. The fourth-order valence-corrected chi connectivity index (χ4v) is 4.91. The summed E-state index contributed by atoms with van der Waals surface area (Å²) in [6, 6.07) is 26.3. The molecule has 1 radical (unpaired) electrons. The van der Waals surface area contributed by atoms with E-state index in [-0.39, 0.29) is 0 Å². The Morgan fingerprint density at radius 2 is 1.65 bits per heavy atom. The largest absolute Gasteiger partial charge is 0.427 e. The van der Waals surface area contributed by atoms with Gasteiger partial charge in [-0.15, -0.1) is 0 Å². The number of benzene rings is 3. The molecule has 0 bridgehead atoms. The highest BCUT2D eigenvalue weighted by atomic mass is 16.5. The second-order valence-electron chi connectivity index (χ2n) is 10.5. The molecule has 1 aliphatic carbocycles. The van der Waals surface area contributed by atoms with Gasteiger partial charge in [0.15, 0.2) is 0 Å². The van der Waals surface area contributed by atoms with Crippen LogP contribution in [0.25, 0.3) is 11.1 Å². The van der Waals surface area contributed by atoms with E-state index < -0.39 is 11.2 Å². The summed E-state index contributed by atoms with van der Waals surface area (Å²) in [5.74, 6) is 0.513. The molecule has 0 saturated heterocycles. The Balaban J connectivity index is 1.59. The zero-order valence-electron chi connectivity index (χ0n) is 20.5. The quantitative estimate of drug-likeness (QED) is 0.363. The van der Waals surface area contributed by atoms with Crippen molar-refractivity contribution >= 4 is 24.3 Å². The third-order valence-electron chi connectivity index (χ3n) is 7.57. The smallest absolute Gasteiger partial charge is 0.331 e. The van der Waals surface area contributed by atoms with Gasteiger partial charge in [0.05, 0.1) is 17.2 Å². The van der Waals surface area contributed by atoms with Crippen molar-refractivity contribution < 1.29 is 9.76 Å². The molecule has 3 aromatic rings. The summed E-state index contributed by atoms with van der Waals surface area (Å²) < 4.78 is 6.16. The molecule has 3 aromatic carbocycles. The molecule has 34 heavy (non-hydrogen) atoms. The molecule has 4 heteroatoms. The van der Waals surface area contributed by atoms with Gasteiger partial charge in [0.2, 0.25) is 0 Å². The predicted octanol–water partition coefficient (Wildman–Crippen LogP) is 6.12. The topological polar surface area (TPSA) is 32.7 Å². The van der Waals surface area contributed by atoms with Gasteiger partial charge in [0.1, 0.15) is 0 Å². The first-order valence-electron chi connectivity index (χ1n) is 12.2. The minimum atomic E-state index is -0.975. The molecule has 2 atom stereocenters. The van der Waals surface area contributed by atoms with Gasteiger partial charge in [0, 0.05) is 17.3 Å². The summed E-state index contributed by atoms with van der Waals surface area (Å²) in [6.45, 7) is 7.39. The van der Waals surface area contributed by atoms with Gasteiger partial charge >= 0.3 is 7.48 Å². The molecule has 0 aromatic heterocycles. The maximum Gasteiger partial charge on any atom is 0.331 e. The fourth-order valence-electron chi connectivity index (χ4n) is 4.91. The third-order valence-corrected chi connectivity index (χ3v) is 7.57. The number of anilines is 2. The van der Waals surface area contributed by atoms with Gasteiger partial charge in [-0.3, -0.25) is 0 Å². The van der Waals surface area contributed by atoms with Crippen LogP contribution in [0, 0.1) is 0 Å². The van der Waals surface area contributed by atoms with Crippen LogP contribution in [-0.4, -0.2) is 29.8 Å². The Labute approximate surface area is 204 Å². The summed E-state index contributed by atoms with van der Waals surface area (Å²) in [4.78, 5) is 2.49. The third kappa shape index (κ3) is 4.21. The van der Waals surface area contributed by atoms with E-state index in [1.807, 2.05) is 19.9 Å². The van der Waals surface area contributed by atoms with Gasteiger partial charge in [-0.25, -0.2) is 0 Å². The zero-order chi connectivity index (χ0) is 23.9. The molecule has 1 N–H and O–H groups in total. The van der Waals surface area contributed by atoms with E-state index in [1.165, 1.54) is 23.2 Å². The molecule has 2 unspecified atom stereocenters. The van der Waals surface area contributed by atoms with Gasteiger partial charge in [-0.05, 0) is 75.4 Å². The highest BCUT2D eigenvalue weighted by Crippen LogP contribution is 2.49. The van der Waals surface area contributed by atoms with E-state index in [9.17, 15) is 5.11 Å². The van der Waals surface area contributed by atoms with Crippen molar-refractivity contribution in [1.29, 1.82) is 0 Å². The molecule has 1 heterocycles. The van der Waals surface area contributed by atoms with Crippen LogP contribution in [0.2, 0.25) is 0 Å². The molecule has 173 valence electrons. The molecular formula is C30H33BNO2. The second-order valence-corrected chi connectivity index (χ2v) is 10.5. The van der Waals surface area contributed by atoms with Crippen molar-refractivity contribution in [2.75, 3.05) is 4.90 Å². The van der Waals surface area contributed by atoms with Crippen LogP contribution in [0.3, 0.4) is 0 Å². The first kappa shape index (κ1) is 23.0. The first-order valence-corrected chi connectivity index (χ1v) is 12.2. The van der Waals surface area contributed by atoms with Gasteiger partial charge < -0.3 is 14.7 Å². The van der Waals surface area contributed by atoms with E-state index in [2.05, 4.69) is 83.8 Å². The van der Waals surface area contributed by atoms with E-state index in [0.717, 1.165) is 23.1 Å². The summed E-state index contributed by atoms with van der Waals surface area (Å²) in [5, 5.41) is 10.6. The molecule has 2 aliphatic rings. The molecule has 0 spiro atoms. The highest BCUT2D eigenvalue weighted by molar-refractivity contribution is 6.47. The maximum absolute atomic E-state index is 10.6. The number of aliphatic hydroxyl groups is 1. The summed E-state index contributed by atoms with van der Waals surface area (Å²) in [6.07, 6.45) is 7.00. The Hall–Kier alpha value is -2.82. The lowest BCUT2D eigenvalue weighted by molar-refractivity contribution is -0.0893. The SMILES string of the molecule is CC(C)(O)C(C)(C)O[B]c1cc(-c2ccccc2)cc(N2c3ccccc3C3CCC=CC32)c1. The average Bonchev–Trinajstić information content (AvgIpc) is 3.17. The molecule has 3 nitrogen and oxygen atoms in total. The Bertz CT molecular complexity index is 1200. The lowest BCUT2D eigenvalue weighted by atomic mass is 9.81. The molecule has 0 saturated carbocycles. The van der Waals surface area contributed by atoms with Crippen LogP contribution >= 0.6 is 0 Å². The monoisotopic (exact) mass is 450 g/mol. The minimum absolute atomic E-state index is 0.318. The predicted molar refractivity (Wildman–Crippen MR) is 142 cm³/mol. The number of fused-ring (bicyclic) bond motifs is 3. The zero-order valence-corrected chi connectivity index (χ0v) is 20.5. The van der Waals surface area contributed by atoms with Crippen LogP contribution in [0.4, 0.5) is 11.4 Å². The Morgan fingerprint density at radius 3 is 2.41 bits per heavy atom. The molecular weight excluding hydrogens is 417 g/mol. The molecule has 5 rings (SSSR count). The standard InChI is InChI=1S/C30H33BNO2/c1-29(2,33)30(3,4)34-31-23-18-22(21-12-6-5-7-13-21)19-24(20-23)32-27-16-10-8-14-25(27)26-15-9-11-17-28(26)32/h5-8,10-14,16-20,26,28,33H,9,15H2,1-4H3. The summed E-state index contributed by atoms with van der Waals surface area (Å²) in [5.41, 5.74) is 5.48. The molecule has 1 aliphatic heterocycles. The van der Waals surface area contributed by atoms with Gasteiger partial charge in [0.25, 0.3) is 0 Å². The second kappa shape index (κ2) is 8.76. The number of nitrogens with zero attached hydrogens (tertiary/aromatic N) is 1. The number of rotatable bonds is 6. The number of allylic oxidation sites excluding steroid dienone is 1. The Kier molecular flexibility index (Phi) is 5.91. The lowest BCUT2D eigenvalue weighted by Crippen LogP contribution is -2.49. The summed E-state index contributed by atoms with van der Waals surface area (Å²) in [7, 11) is 1.80. The number of hydrogen-bond acceptors (Lipinski definition) is 3. The van der Waals surface area contributed by atoms with Crippen LogP contribution in [0.1, 0.15) is 52.0 Å². The first-order chi connectivity index (χ1) is 16.2. The van der Waals surface area contributed by atoms with Crippen molar-refractivity contribution in [3.8, 4) is 11.1 Å². The minimum Gasteiger partial charge on any atom is -0.427 e. The van der Waals surface area contributed by atoms with E-state index >= 15 is 0 Å². The normalized spacial score (nSPS) is 19.6. The summed E-state index contributed by atoms with van der Waals surface area (Å²) >= 11 is 0. The van der Waals surface area contributed by atoms with Crippen molar-refractivity contribution in [3.63, 3.8) is 0 Å². The lowest BCUT2D eigenvalue weighted by Gasteiger charge is -2.37. The van der Waals surface area contributed by atoms with Gasteiger partial charge in [-0.2, -0.15) is 0 Å². The van der Waals surface area contributed by atoms with Gasteiger partial charge in [-0.1, -0.05) is 72.2 Å². The van der Waals surface area contributed by atoms with E-state index in [0.29, 0.717) is 12.0 Å². The van der Waals surface area contributed by atoms with Crippen molar-refractivity contribution in [1.82, 2.24) is 0 Å². The van der Waals surface area contributed by atoms with Crippen molar-refractivity contribution in [2.24, 2.45) is 0 Å². The highest BCUT2D eigenvalue weighted by Gasteiger charge is 2.39. The Morgan fingerprint density at radius 1 is 0.912 bits per heavy atom. The van der Waals surface area contributed by atoms with Crippen molar-refractivity contribution in [3.05, 3.63) is 90.5 Å². The van der Waals surface area contributed by atoms with Crippen LogP contribution in [-0.2, 0) is 4.65 Å². The van der Waals surface area contributed by atoms with E-state index in [1.54, 1.807) is 21.3 Å². The van der Waals surface area contributed by atoms with Crippen LogP contribution in [0.5, 0.6) is 0 Å². The number of para-hydroxylation sites is 1. The number of hydrogen-bond donors (Lipinski definition) is 1. The van der Waals surface area contributed by atoms with Crippen molar-refractivity contribution in [2.45, 2.75) is 63.7 Å². The van der Waals surface area contributed by atoms with Crippen LogP contribution in [0.15, 0.2) is 84.9 Å². The molecule has 0 fully saturated rings. The van der Waals surface area contributed by atoms with Crippen LogP contribution < -0.4 is 10.4 Å². The molecule has 0 amide bonds.